The van der Waals surface area contributed by atoms with E-state index in [1.807, 2.05) is 20.2 Å². The highest BCUT2D eigenvalue weighted by Crippen LogP contribution is 2.41. The van der Waals surface area contributed by atoms with Crippen LogP contribution in [0.1, 0.15) is 51.9 Å². The molecule has 0 atom stereocenters. The van der Waals surface area contributed by atoms with Crippen molar-refractivity contribution in [1.82, 2.24) is 34.2 Å². The lowest BCUT2D eigenvalue weighted by Crippen LogP contribution is -2.48. The van der Waals surface area contributed by atoms with Gasteiger partial charge >= 0.3 is 6.18 Å². The summed E-state index contributed by atoms with van der Waals surface area (Å²) in [5, 5.41) is 8.35. The van der Waals surface area contributed by atoms with Crippen LogP contribution in [0.25, 0.3) is 5.65 Å². The second kappa shape index (κ2) is 7.58. The summed E-state index contributed by atoms with van der Waals surface area (Å²) in [6.45, 7) is 5.03. The van der Waals surface area contributed by atoms with Crippen LogP contribution < -0.4 is 0 Å². The Labute approximate surface area is 182 Å². The quantitative estimate of drug-likeness (QED) is 0.615. The molecule has 0 bridgehead atoms. The largest absolute Gasteiger partial charge is 0.433 e. The Kier molecular flexibility index (Phi) is 4.95. The van der Waals surface area contributed by atoms with E-state index < -0.39 is 11.9 Å². The lowest BCUT2D eigenvalue weighted by atomic mass is 10.2. The molecule has 5 rings (SSSR count). The maximum Gasteiger partial charge on any atom is 0.433 e. The predicted molar refractivity (Wildman–Crippen MR) is 109 cm³/mol. The van der Waals surface area contributed by atoms with E-state index in [0.29, 0.717) is 31.9 Å². The first-order chi connectivity index (χ1) is 15.2. The molecule has 1 saturated heterocycles. The molecule has 32 heavy (non-hydrogen) atoms. The van der Waals surface area contributed by atoms with Gasteiger partial charge in [0.25, 0.3) is 5.91 Å². The number of halogens is 3. The second-order valence-electron chi connectivity index (χ2n) is 8.62. The molecule has 1 amide bonds. The number of alkyl halides is 3. The van der Waals surface area contributed by atoms with Crippen molar-refractivity contribution in [3.05, 3.63) is 46.7 Å². The molecule has 0 spiro atoms. The normalized spacial score (nSPS) is 18.0. The molecule has 1 saturated carbocycles. The third kappa shape index (κ3) is 3.96. The van der Waals surface area contributed by atoms with Gasteiger partial charge in [-0.25, -0.2) is 9.50 Å². The zero-order valence-electron chi connectivity index (χ0n) is 17.9. The number of hydrogen-bond donors (Lipinski definition) is 0. The van der Waals surface area contributed by atoms with E-state index >= 15 is 0 Å². The van der Waals surface area contributed by atoms with E-state index in [-0.39, 0.29) is 23.2 Å². The van der Waals surface area contributed by atoms with Crippen LogP contribution in [0.3, 0.4) is 0 Å². The lowest BCUT2D eigenvalue weighted by Gasteiger charge is -2.34. The van der Waals surface area contributed by atoms with Gasteiger partial charge in [-0.2, -0.15) is 23.4 Å². The molecule has 0 radical (unpaired) electrons. The molecular formula is C21H24F3N7O. The van der Waals surface area contributed by atoms with Gasteiger partial charge in [0.05, 0.1) is 5.69 Å². The lowest BCUT2D eigenvalue weighted by molar-refractivity contribution is -0.142. The molecule has 1 aliphatic heterocycles. The van der Waals surface area contributed by atoms with Crippen LogP contribution in [-0.2, 0) is 19.8 Å². The molecule has 2 aliphatic rings. The van der Waals surface area contributed by atoms with E-state index in [1.165, 1.54) is 6.07 Å². The number of piperazine rings is 1. The topological polar surface area (TPSA) is 71.6 Å². The van der Waals surface area contributed by atoms with Gasteiger partial charge in [-0.1, -0.05) is 0 Å². The molecule has 3 aromatic rings. The fraction of sp³-hybridized carbons (Fsp3) is 0.524. The van der Waals surface area contributed by atoms with Crippen molar-refractivity contribution in [2.24, 2.45) is 7.05 Å². The molecule has 0 N–H and O–H groups in total. The van der Waals surface area contributed by atoms with E-state index in [9.17, 15) is 18.0 Å². The van der Waals surface area contributed by atoms with E-state index in [4.69, 9.17) is 0 Å². The molecule has 4 heterocycles. The van der Waals surface area contributed by atoms with Crippen molar-refractivity contribution in [3.8, 4) is 0 Å². The highest BCUT2D eigenvalue weighted by atomic mass is 19.4. The van der Waals surface area contributed by atoms with Gasteiger partial charge in [0.1, 0.15) is 5.69 Å². The average molecular weight is 447 g/mol. The Morgan fingerprint density at radius 3 is 2.44 bits per heavy atom. The smallest absolute Gasteiger partial charge is 0.335 e. The molecule has 1 aliphatic carbocycles. The van der Waals surface area contributed by atoms with Gasteiger partial charge < -0.3 is 4.90 Å². The number of aromatic nitrogens is 5. The molecule has 11 heteroatoms. The van der Waals surface area contributed by atoms with Gasteiger partial charge in [-0.05, 0) is 25.8 Å². The highest BCUT2D eigenvalue weighted by molar-refractivity contribution is 5.93. The van der Waals surface area contributed by atoms with Gasteiger partial charge in [0, 0.05) is 69.2 Å². The fourth-order valence-electron chi connectivity index (χ4n) is 4.20. The van der Waals surface area contributed by atoms with Crippen LogP contribution >= 0.6 is 0 Å². The van der Waals surface area contributed by atoms with Gasteiger partial charge in [-0.15, -0.1) is 0 Å². The first-order valence-corrected chi connectivity index (χ1v) is 10.7. The first kappa shape index (κ1) is 20.9. The third-order valence-corrected chi connectivity index (χ3v) is 6.12. The van der Waals surface area contributed by atoms with Crippen LogP contribution in [0.4, 0.5) is 13.2 Å². The van der Waals surface area contributed by atoms with Crippen LogP contribution in [0.2, 0.25) is 0 Å². The van der Waals surface area contributed by atoms with E-state index in [0.717, 1.165) is 41.2 Å². The zero-order valence-corrected chi connectivity index (χ0v) is 17.9. The Hall–Kier alpha value is -2.95. The maximum absolute atomic E-state index is 13.6. The van der Waals surface area contributed by atoms with Crippen LogP contribution in [0.5, 0.6) is 0 Å². The van der Waals surface area contributed by atoms with Crippen molar-refractivity contribution < 1.29 is 18.0 Å². The first-order valence-electron chi connectivity index (χ1n) is 10.7. The molecule has 2 fully saturated rings. The average Bonchev–Trinajstić information content (AvgIpc) is 3.42. The number of rotatable bonds is 4. The van der Waals surface area contributed by atoms with Crippen LogP contribution in [-0.4, -0.2) is 66.3 Å². The maximum atomic E-state index is 13.6. The fourth-order valence-corrected chi connectivity index (χ4v) is 4.20. The Morgan fingerprint density at radius 1 is 1.12 bits per heavy atom. The number of hydrogen-bond acceptors (Lipinski definition) is 5. The number of amides is 1. The minimum Gasteiger partial charge on any atom is -0.335 e. The molecular weight excluding hydrogens is 423 g/mol. The summed E-state index contributed by atoms with van der Waals surface area (Å²) in [6.07, 6.45) is -0.912. The van der Waals surface area contributed by atoms with E-state index in [2.05, 4.69) is 20.1 Å². The standard InChI is InChI=1S/C21H24F3N7O/c1-13-15(11-28(2)26-13)12-29-5-7-30(8-6-29)20(32)17-10-19-25-16(14-3-4-14)9-18(21(22,23)24)31(19)27-17/h9-11,14H,3-8,12H2,1-2H3. The number of carbonyl (C=O) groups excluding carboxylic acids is 1. The number of aryl methyl sites for hydroxylation is 2. The SMILES string of the molecule is Cc1nn(C)cc1CN1CCN(C(=O)c2cc3nc(C4CC4)cc(C(F)(F)F)n3n2)CC1. The van der Waals surface area contributed by atoms with Crippen molar-refractivity contribution in [1.29, 1.82) is 0 Å². The Balaban J connectivity index is 1.32. The number of fused-ring (bicyclic) bond motifs is 1. The summed E-state index contributed by atoms with van der Waals surface area (Å²) in [7, 11) is 1.88. The molecule has 0 unspecified atom stereocenters. The highest BCUT2D eigenvalue weighted by Gasteiger charge is 2.38. The van der Waals surface area contributed by atoms with Crippen molar-refractivity contribution in [2.45, 2.75) is 38.4 Å². The van der Waals surface area contributed by atoms with E-state index in [1.54, 1.807) is 9.58 Å². The molecule has 170 valence electrons. The van der Waals surface area contributed by atoms with Crippen molar-refractivity contribution in [2.75, 3.05) is 26.2 Å². The number of nitrogens with zero attached hydrogens (tertiary/aromatic N) is 7. The Bertz CT molecular complexity index is 1170. The zero-order chi connectivity index (χ0) is 22.6. The minimum atomic E-state index is -4.58. The van der Waals surface area contributed by atoms with Crippen molar-refractivity contribution >= 4 is 11.6 Å². The minimum absolute atomic E-state index is 0.00694. The van der Waals surface area contributed by atoms with Crippen LogP contribution in [0.15, 0.2) is 18.3 Å². The summed E-state index contributed by atoms with van der Waals surface area (Å²) >= 11 is 0. The monoisotopic (exact) mass is 447 g/mol. The van der Waals surface area contributed by atoms with Crippen LogP contribution in [0, 0.1) is 6.92 Å². The third-order valence-electron chi connectivity index (χ3n) is 6.12. The summed E-state index contributed by atoms with van der Waals surface area (Å²) in [5.41, 5.74) is 1.71. The van der Waals surface area contributed by atoms with Gasteiger partial charge in [-0.3, -0.25) is 14.4 Å². The number of carbonyl (C=O) groups is 1. The molecule has 8 nitrogen and oxygen atoms in total. The van der Waals surface area contributed by atoms with Gasteiger partial charge in [0.15, 0.2) is 11.3 Å². The van der Waals surface area contributed by atoms with Crippen molar-refractivity contribution in [3.63, 3.8) is 0 Å². The summed E-state index contributed by atoms with van der Waals surface area (Å²) in [4.78, 5) is 21.2. The van der Waals surface area contributed by atoms with Gasteiger partial charge in [0.2, 0.25) is 0 Å². The summed E-state index contributed by atoms with van der Waals surface area (Å²) < 4.78 is 43.3. The summed E-state index contributed by atoms with van der Waals surface area (Å²) in [5.74, 6) is -0.305. The Morgan fingerprint density at radius 2 is 1.84 bits per heavy atom. The molecule has 3 aromatic heterocycles. The molecule has 0 aromatic carbocycles. The predicted octanol–water partition coefficient (Wildman–Crippen LogP) is 2.63. The summed E-state index contributed by atoms with van der Waals surface area (Å²) in [6, 6.07) is 2.43. The second-order valence-corrected chi connectivity index (χ2v) is 8.62.